The Kier molecular flexibility index (Phi) is 6.48. The average molecular weight is 378 g/mol. The molecule has 0 unspecified atom stereocenters. The minimum Gasteiger partial charge on any atom is -0.493 e. The summed E-state index contributed by atoms with van der Waals surface area (Å²) in [5.41, 5.74) is 3.45. The van der Waals surface area contributed by atoms with E-state index in [0.717, 1.165) is 33.6 Å². The van der Waals surface area contributed by atoms with Crippen molar-refractivity contribution in [2.24, 2.45) is 0 Å². The van der Waals surface area contributed by atoms with Gasteiger partial charge in [0, 0.05) is 22.6 Å². The number of aryl methyl sites for hydroxylation is 1. The van der Waals surface area contributed by atoms with Gasteiger partial charge in [-0.3, -0.25) is 0 Å². The van der Waals surface area contributed by atoms with Crippen LogP contribution < -0.4 is 14.8 Å². The van der Waals surface area contributed by atoms with Crippen molar-refractivity contribution in [3.8, 4) is 11.5 Å². The zero-order chi connectivity index (χ0) is 16.8. The third-order valence-corrected chi connectivity index (χ3v) is 4.28. The maximum absolute atomic E-state index is 6.12. The number of halogens is 1. The number of hydrogen-bond acceptors (Lipinski definition) is 3. The molecular formula is C19H24BrNO2. The van der Waals surface area contributed by atoms with E-state index in [9.17, 15) is 0 Å². The van der Waals surface area contributed by atoms with Crippen LogP contribution in [0.3, 0.4) is 0 Å². The fraction of sp³-hybridized carbons (Fsp3) is 0.368. The van der Waals surface area contributed by atoms with Crippen molar-refractivity contribution >= 4 is 15.9 Å². The van der Waals surface area contributed by atoms with Crippen molar-refractivity contribution in [3.63, 3.8) is 0 Å². The smallest absolute Gasteiger partial charge is 0.167 e. The van der Waals surface area contributed by atoms with Crippen molar-refractivity contribution in [2.75, 3.05) is 7.11 Å². The number of benzene rings is 2. The molecule has 124 valence electrons. The third-order valence-electron chi connectivity index (χ3n) is 3.54. The number of methoxy groups -OCH3 is 1. The lowest BCUT2D eigenvalue weighted by atomic mass is 10.1. The van der Waals surface area contributed by atoms with E-state index in [-0.39, 0.29) is 0 Å². The second-order valence-electron chi connectivity index (χ2n) is 5.87. The molecule has 0 saturated carbocycles. The number of rotatable bonds is 7. The van der Waals surface area contributed by atoms with E-state index in [1.54, 1.807) is 7.11 Å². The van der Waals surface area contributed by atoms with Gasteiger partial charge < -0.3 is 14.8 Å². The van der Waals surface area contributed by atoms with Gasteiger partial charge in [-0.15, -0.1) is 0 Å². The second kappa shape index (κ2) is 8.37. The summed E-state index contributed by atoms with van der Waals surface area (Å²) < 4.78 is 12.6. The van der Waals surface area contributed by atoms with Gasteiger partial charge in [0.25, 0.3) is 0 Å². The zero-order valence-electron chi connectivity index (χ0n) is 14.2. The monoisotopic (exact) mass is 377 g/mol. The largest absolute Gasteiger partial charge is 0.493 e. The summed E-state index contributed by atoms with van der Waals surface area (Å²) in [6, 6.07) is 12.7. The first-order valence-electron chi connectivity index (χ1n) is 7.78. The normalized spacial score (nSPS) is 10.9. The topological polar surface area (TPSA) is 30.5 Å². The molecule has 2 rings (SSSR count). The molecule has 0 spiro atoms. The lowest BCUT2D eigenvalue weighted by Crippen LogP contribution is -2.22. The van der Waals surface area contributed by atoms with E-state index in [2.05, 4.69) is 60.2 Å². The van der Waals surface area contributed by atoms with Crippen molar-refractivity contribution in [2.45, 2.75) is 40.0 Å². The Morgan fingerprint density at radius 3 is 2.61 bits per heavy atom. The quantitative estimate of drug-likeness (QED) is 0.748. The molecule has 0 aliphatic heterocycles. The van der Waals surface area contributed by atoms with Crippen LogP contribution in [0.1, 0.15) is 30.5 Å². The number of hydrogen-bond donors (Lipinski definition) is 1. The van der Waals surface area contributed by atoms with Gasteiger partial charge in [0.05, 0.1) is 7.11 Å². The summed E-state index contributed by atoms with van der Waals surface area (Å²) in [5.74, 6) is 1.54. The van der Waals surface area contributed by atoms with E-state index < -0.39 is 0 Å². The van der Waals surface area contributed by atoms with Crippen LogP contribution >= 0.6 is 15.9 Å². The Labute approximate surface area is 147 Å². The van der Waals surface area contributed by atoms with Crippen LogP contribution in [0, 0.1) is 6.92 Å². The molecule has 0 radical (unpaired) electrons. The molecule has 2 aromatic rings. The van der Waals surface area contributed by atoms with Gasteiger partial charge in [-0.2, -0.15) is 0 Å². The van der Waals surface area contributed by atoms with Crippen molar-refractivity contribution in [3.05, 3.63) is 57.6 Å². The Morgan fingerprint density at radius 1 is 1.17 bits per heavy atom. The molecule has 0 fully saturated rings. The Hall–Kier alpha value is -1.52. The summed E-state index contributed by atoms with van der Waals surface area (Å²) in [4.78, 5) is 0. The van der Waals surface area contributed by atoms with Gasteiger partial charge >= 0.3 is 0 Å². The van der Waals surface area contributed by atoms with Gasteiger partial charge in [-0.1, -0.05) is 59.6 Å². The molecule has 0 aliphatic carbocycles. The molecule has 0 saturated heterocycles. The highest BCUT2D eigenvalue weighted by Gasteiger charge is 2.15. The fourth-order valence-corrected chi connectivity index (χ4v) is 2.78. The zero-order valence-corrected chi connectivity index (χ0v) is 15.7. The Bertz CT molecular complexity index is 656. The molecule has 23 heavy (non-hydrogen) atoms. The fourth-order valence-electron chi connectivity index (χ4n) is 2.33. The first-order valence-corrected chi connectivity index (χ1v) is 8.57. The number of nitrogens with one attached hydrogen (secondary N) is 1. The molecular weight excluding hydrogens is 354 g/mol. The van der Waals surface area contributed by atoms with Gasteiger partial charge in [0.1, 0.15) is 6.61 Å². The predicted molar refractivity (Wildman–Crippen MR) is 98.2 cm³/mol. The summed E-state index contributed by atoms with van der Waals surface area (Å²) >= 11 is 3.62. The summed E-state index contributed by atoms with van der Waals surface area (Å²) in [6.07, 6.45) is 0. The minimum atomic E-state index is 0.401. The van der Waals surface area contributed by atoms with Crippen LogP contribution in [0.25, 0.3) is 0 Å². The van der Waals surface area contributed by atoms with Crippen LogP contribution in [-0.2, 0) is 13.2 Å². The highest BCUT2D eigenvalue weighted by Crippen LogP contribution is 2.36. The lowest BCUT2D eigenvalue weighted by Gasteiger charge is -2.18. The van der Waals surface area contributed by atoms with Crippen molar-refractivity contribution < 1.29 is 9.47 Å². The molecule has 0 atom stereocenters. The molecule has 0 aromatic heterocycles. The van der Waals surface area contributed by atoms with E-state index >= 15 is 0 Å². The first kappa shape index (κ1) is 17.8. The highest BCUT2D eigenvalue weighted by molar-refractivity contribution is 9.10. The molecule has 1 N–H and O–H groups in total. The molecule has 0 aliphatic rings. The maximum Gasteiger partial charge on any atom is 0.167 e. The lowest BCUT2D eigenvalue weighted by molar-refractivity contribution is 0.280. The van der Waals surface area contributed by atoms with E-state index in [1.807, 2.05) is 18.2 Å². The maximum atomic E-state index is 6.12. The SMILES string of the molecule is COc1ccc(Br)c(CNC(C)C)c1OCc1cccc(C)c1. The third kappa shape index (κ3) is 4.98. The Morgan fingerprint density at radius 2 is 1.96 bits per heavy atom. The summed E-state index contributed by atoms with van der Waals surface area (Å²) in [5, 5.41) is 3.44. The standard InChI is InChI=1S/C19H24BrNO2/c1-13(2)21-11-16-17(20)8-9-18(22-4)19(16)23-12-15-7-5-6-14(3)10-15/h5-10,13,21H,11-12H2,1-4H3. The van der Waals surface area contributed by atoms with Crippen LogP contribution in [0.4, 0.5) is 0 Å². The van der Waals surface area contributed by atoms with Gasteiger partial charge in [-0.05, 0) is 24.6 Å². The van der Waals surface area contributed by atoms with E-state index in [1.165, 1.54) is 5.56 Å². The van der Waals surface area contributed by atoms with Gasteiger partial charge in [-0.25, -0.2) is 0 Å². The minimum absolute atomic E-state index is 0.401. The molecule has 3 nitrogen and oxygen atoms in total. The van der Waals surface area contributed by atoms with Crippen LogP contribution in [-0.4, -0.2) is 13.2 Å². The summed E-state index contributed by atoms with van der Waals surface area (Å²) in [6.45, 7) is 7.58. The molecule has 0 amide bonds. The number of ether oxygens (including phenoxy) is 2. The average Bonchev–Trinajstić information content (AvgIpc) is 2.51. The van der Waals surface area contributed by atoms with Gasteiger partial charge in [0.2, 0.25) is 0 Å². The van der Waals surface area contributed by atoms with Crippen LogP contribution in [0.15, 0.2) is 40.9 Å². The molecule has 2 aromatic carbocycles. The highest BCUT2D eigenvalue weighted by atomic mass is 79.9. The second-order valence-corrected chi connectivity index (χ2v) is 6.72. The summed E-state index contributed by atoms with van der Waals surface area (Å²) in [7, 11) is 1.67. The molecule has 0 bridgehead atoms. The van der Waals surface area contributed by atoms with Crippen LogP contribution in [0.2, 0.25) is 0 Å². The van der Waals surface area contributed by atoms with E-state index in [4.69, 9.17) is 9.47 Å². The van der Waals surface area contributed by atoms with E-state index in [0.29, 0.717) is 12.6 Å². The Balaban J connectivity index is 2.25. The molecule has 0 heterocycles. The van der Waals surface area contributed by atoms with Crippen LogP contribution in [0.5, 0.6) is 11.5 Å². The van der Waals surface area contributed by atoms with Gasteiger partial charge in [0.15, 0.2) is 11.5 Å². The first-order chi connectivity index (χ1) is 11.0. The predicted octanol–water partition coefficient (Wildman–Crippen LogP) is 4.84. The van der Waals surface area contributed by atoms with Crippen molar-refractivity contribution in [1.29, 1.82) is 0 Å². The van der Waals surface area contributed by atoms with Crippen molar-refractivity contribution in [1.82, 2.24) is 5.32 Å². The molecule has 4 heteroatoms.